The Bertz CT molecular complexity index is 738. The van der Waals surface area contributed by atoms with E-state index < -0.39 is 6.03 Å². The maximum absolute atomic E-state index is 11.8. The summed E-state index contributed by atoms with van der Waals surface area (Å²) in [4.78, 5) is 23.5. The van der Waals surface area contributed by atoms with E-state index in [1.807, 2.05) is 36.4 Å². The van der Waals surface area contributed by atoms with Crippen molar-refractivity contribution in [3.05, 3.63) is 65.7 Å². The molecule has 122 valence electrons. The summed E-state index contributed by atoms with van der Waals surface area (Å²) in [6.45, 7) is 0.374. The summed E-state index contributed by atoms with van der Waals surface area (Å²) in [7, 11) is 0. The quantitative estimate of drug-likeness (QED) is 0.759. The van der Waals surface area contributed by atoms with Gasteiger partial charge in [-0.25, -0.2) is 4.79 Å². The van der Waals surface area contributed by atoms with Crippen LogP contribution in [0.2, 0.25) is 0 Å². The van der Waals surface area contributed by atoms with Crippen LogP contribution in [0.4, 0.5) is 10.5 Å². The average molecular weight is 322 g/mol. The summed E-state index contributed by atoms with van der Waals surface area (Å²) < 4.78 is 0. The predicted molar refractivity (Wildman–Crippen MR) is 91.3 cm³/mol. The standard InChI is InChI=1S/C18H18N4O2/c19-12-15-8-4-5-9-16(15)22-18(24)21-13-17(23)20-11-10-14-6-2-1-3-7-14/h1-9H,10-11,13H2,(H,20,23)(H2,21,22,24). The molecule has 0 bridgehead atoms. The Hall–Kier alpha value is -3.33. The number of carbonyl (C=O) groups excluding carboxylic acids is 2. The van der Waals surface area contributed by atoms with Gasteiger partial charge in [-0.3, -0.25) is 4.79 Å². The largest absolute Gasteiger partial charge is 0.354 e. The Morgan fingerprint density at radius 2 is 1.67 bits per heavy atom. The molecule has 24 heavy (non-hydrogen) atoms. The van der Waals surface area contributed by atoms with Crippen LogP contribution < -0.4 is 16.0 Å². The van der Waals surface area contributed by atoms with Crippen molar-refractivity contribution in [1.82, 2.24) is 10.6 Å². The van der Waals surface area contributed by atoms with Crippen molar-refractivity contribution < 1.29 is 9.59 Å². The van der Waals surface area contributed by atoms with Gasteiger partial charge in [-0.05, 0) is 24.1 Å². The van der Waals surface area contributed by atoms with Crippen LogP contribution in [-0.4, -0.2) is 25.0 Å². The molecule has 2 aromatic rings. The van der Waals surface area contributed by atoms with Crippen LogP contribution in [0.15, 0.2) is 54.6 Å². The zero-order valence-electron chi connectivity index (χ0n) is 13.1. The maximum Gasteiger partial charge on any atom is 0.319 e. The Kier molecular flexibility index (Phi) is 6.35. The van der Waals surface area contributed by atoms with Crippen LogP contribution in [0.5, 0.6) is 0 Å². The number of hydrogen-bond acceptors (Lipinski definition) is 3. The van der Waals surface area contributed by atoms with Crippen molar-refractivity contribution in [2.45, 2.75) is 6.42 Å². The highest BCUT2D eigenvalue weighted by molar-refractivity contribution is 5.93. The first kappa shape index (κ1) is 17.0. The van der Waals surface area contributed by atoms with E-state index in [9.17, 15) is 9.59 Å². The van der Waals surface area contributed by atoms with E-state index in [2.05, 4.69) is 16.0 Å². The summed E-state index contributed by atoms with van der Waals surface area (Å²) in [6, 6.07) is 17.9. The van der Waals surface area contributed by atoms with Crippen LogP contribution >= 0.6 is 0 Å². The topological polar surface area (TPSA) is 94.0 Å². The van der Waals surface area contributed by atoms with E-state index in [0.717, 1.165) is 12.0 Å². The summed E-state index contributed by atoms with van der Waals surface area (Å²) in [5.41, 5.74) is 1.90. The van der Waals surface area contributed by atoms with Crippen molar-refractivity contribution in [2.75, 3.05) is 18.4 Å². The predicted octanol–water partition coefficient (Wildman–Crippen LogP) is 2.04. The van der Waals surface area contributed by atoms with Crippen LogP contribution in [-0.2, 0) is 11.2 Å². The molecule has 0 saturated carbocycles. The second-order valence-electron chi connectivity index (χ2n) is 5.05. The minimum absolute atomic E-state index is 0.130. The molecule has 2 rings (SSSR count). The van der Waals surface area contributed by atoms with Crippen molar-refractivity contribution in [3.63, 3.8) is 0 Å². The fourth-order valence-corrected chi connectivity index (χ4v) is 2.07. The molecule has 3 N–H and O–H groups in total. The fourth-order valence-electron chi connectivity index (χ4n) is 2.07. The van der Waals surface area contributed by atoms with Gasteiger partial charge in [0.15, 0.2) is 0 Å². The summed E-state index contributed by atoms with van der Waals surface area (Å²) in [6.07, 6.45) is 0.730. The summed E-state index contributed by atoms with van der Waals surface area (Å²) in [5.74, 6) is -0.269. The number of benzene rings is 2. The summed E-state index contributed by atoms with van der Waals surface area (Å²) in [5, 5.41) is 16.7. The number of carbonyl (C=O) groups is 2. The third-order valence-corrected chi connectivity index (χ3v) is 3.28. The van der Waals surface area contributed by atoms with E-state index in [0.29, 0.717) is 17.8 Å². The highest BCUT2D eigenvalue weighted by Crippen LogP contribution is 2.12. The molecular weight excluding hydrogens is 304 g/mol. The monoisotopic (exact) mass is 322 g/mol. The molecule has 6 nitrogen and oxygen atoms in total. The first-order chi connectivity index (χ1) is 11.7. The van der Waals surface area contributed by atoms with E-state index in [1.54, 1.807) is 24.3 Å². The lowest BCUT2D eigenvalue weighted by molar-refractivity contribution is -0.120. The SMILES string of the molecule is N#Cc1ccccc1NC(=O)NCC(=O)NCCc1ccccc1. The molecule has 0 unspecified atom stereocenters. The molecule has 0 spiro atoms. The van der Waals surface area contributed by atoms with E-state index in [-0.39, 0.29) is 12.5 Å². The van der Waals surface area contributed by atoms with Gasteiger partial charge in [-0.2, -0.15) is 5.26 Å². The van der Waals surface area contributed by atoms with Crippen LogP contribution in [0, 0.1) is 11.3 Å². The molecule has 0 saturated heterocycles. The molecule has 0 radical (unpaired) electrons. The Morgan fingerprint density at radius 1 is 0.958 bits per heavy atom. The average Bonchev–Trinajstić information content (AvgIpc) is 2.61. The number of nitriles is 1. The van der Waals surface area contributed by atoms with E-state index in [4.69, 9.17) is 5.26 Å². The fraction of sp³-hybridized carbons (Fsp3) is 0.167. The Morgan fingerprint density at radius 3 is 2.42 bits per heavy atom. The second kappa shape index (κ2) is 8.96. The lowest BCUT2D eigenvalue weighted by Crippen LogP contribution is -2.39. The van der Waals surface area contributed by atoms with Gasteiger partial charge >= 0.3 is 6.03 Å². The molecule has 2 aromatic carbocycles. The molecule has 0 aliphatic rings. The smallest absolute Gasteiger partial charge is 0.319 e. The first-order valence-corrected chi connectivity index (χ1v) is 7.53. The Balaban J connectivity index is 1.69. The van der Waals surface area contributed by atoms with Crippen LogP contribution in [0.25, 0.3) is 0 Å². The molecule has 3 amide bonds. The van der Waals surface area contributed by atoms with Gasteiger partial charge in [0.25, 0.3) is 0 Å². The third-order valence-electron chi connectivity index (χ3n) is 3.28. The van der Waals surface area contributed by atoms with Crippen molar-refractivity contribution in [2.24, 2.45) is 0 Å². The number of rotatable bonds is 6. The molecule has 0 atom stereocenters. The maximum atomic E-state index is 11.8. The minimum atomic E-state index is -0.532. The van der Waals surface area contributed by atoms with E-state index in [1.165, 1.54) is 0 Å². The number of nitrogens with one attached hydrogen (secondary N) is 3. The number of amides is 3. The van der Waals surface area contributed by atoms with Crippen molar-refractivity contribution >= 4 is 17.6 Å². The molecule has 0 aromatic heterocycles. The highest BCUT2D eigenvalue weighted by Gasteiger charge is 2.07. The molecule has 0 aliphatic heterocycles. The zero-order chi connectivity index (χ0) is 17.2. The summed E-state index contributed by atoms with van der Waals surface area (Å²) >= 11 is 0. The second-order valence-corrected chi connectivity index (χ2v) is 5.05. The van der Waals surface area contributed by atoms with Crippen molar-refractivity contribution in [1.29, 1.82) is 5.26 Å². The lowest BCUT2D eigenvalue weighted by atomic mass is 10.1. The molecule has 0 fully saturated rings. The molecule has 0 heterocycles. The number of urea groups is 1. The third kappa shape index (κ3) is 5.46. The van der Waals surface area contributed by atoms with Gasteiger partial charge in [-0.15, -0.1) is 0 Å². The van der Waals surface area contributed by atoms with Gasteiger partial charge in [-0.1, -0.05) is 42.5 Å². The lowest BCUT2D eigenvalue weighted by Gasteiger charge is -2.09. The number of nitrogens with zero attached hydrogens (tertiary/aromatic N) is 1. The first-order valence-electron chi connectivity index (χ1n) is 7.53. The van der Waals surface area contributed by atoms with Gasteiger partial charge in [0.1, 0.15) is 6.07 Å². The van der Waals surface area contributed by atoms with Crippen molar-refractivity contribution in [3.8, 4) is 6.07 Å². The number of para-hydroxylation sites is 1. The number of anilines is 1. The van der Waals surface area contributed by atoms with Gasteiger partial charge in [0, 0.05) is 6.54 Å². The highest BCUT2D eigenvalue weighted by atomic mass is 16.2. The molecular formula is C18H18N4O2. The minimum Gasteiger partial charge on any atom is -0.354 e. The zero-order valence-corrected chi connectivity index (χ0v) is 13.1. The van der Waals surface area contributed by atoms with Crippen LogP contribution in [0.1, 0.15) is 11.1 Å². The molecule has 6 heteroatoms. The van der Waals surface area contributed by atoms with E-state index >= 15 is 0 Å². The Labute approximate surface area is 140 Å². The van der Waals surface area contributed by atoms with Crippen LogP contribution in [0.3, 0.4) is 0 Å². The molecule has 0 aliphatic carbocycles. The normalized spacial score (nSPS) is 9.62. The van der Waals surface area contributed by atoms with Gasteiger partial charge in [0.2, 0.25) is 5.91 Å². The van der Waals surface area contributed by atoms with Gasteiger partial charge < -0.3 is 16.0 Å². The number of hydrogen-bond donors (Lipinski definition) is 3. The van der Waals surface area contributed by atoms with Gasteiger partial charge in [0.05, 0.1) is 17.8 Å².